The Morgan fingerprint density at radius 3 is 2.46 bits per heavy atom. The summed E-state index contributed by atoms with van der Waals surface area (Å²) in [5.74, 6) is 0. The third-order valence-electron chi connectivity index (χ3n) is 3.60. The van der Waals surface area contributed by atoms with Crippen molar-refractivity contribution in [3.8, 4) is 11.3 Å². The largest absolute Gasteiger partial charge is 0.334 e. The van der Waals surface area contributed by atoms with Gasteiger partial charge in [0, 0.05) is 17.5 Å². The van der Waals surface area contributed by atoms with Crippen molar-refractivity contribution in [1.29, 1.82) is 0 Å². The van der Waals surface area contributed by atoms with E-state index in [4.69, 9.17) is 0 Å². The molecule has 0 radical (unpaired) electrons. The predicted molar refractivity (Wildman–Crippen MR) is 97.8 cm³/mol. The summed E-state index contributed by atoms with van der Waals surface area (Å²) in [5.41, 5.74) is 4.32. The highest BCUT2D eigenvalue weighted by molar-refractivity contribution is 7.09. The highest BCUT2D eigenvalue weighted by atomic mass is 32.1. The molecule has 3 rings (SSSR count). The molecule has 2 aromatic carbocycles. The number of urea groups is 1. The number of aryl methyl sites for hydroxylation is 1. The molecule has 0 saturated carbocycles. The quantitative estimate of drug-likeness (QED) is 0.736. The molecule has 0 saturated heterocycles. The molecule has 1 aromatic heterocycles. The summed E-state index contributed by atoms with van der Waals surface area (Å²) in [6.07, 6.45) is 0. The molecular formula is C19H19N3OS. The van der Waals surface area contributed by atoms with Crippen LogP contribution in [0.5, 0.6) is 0 Å². The van der Waals surface area contributed by atoms with Crippen LogP contribution in [0.1, 0.15) is 16.1 Å². The van der Waals surface area contributed by atoms with E-state index in [1.54, 1.807) is 11.3 Å². The smallest absolute Gasteiger partial charge is 0.315 e. The topological polar surface area (TPSA) is 54.0 Å². The van der Waals surface area contributed by atoms with Crippen LogP contribution in [0, 0.1) is 6.92 Å². The lowest BCUT2D eigenvalue weighted by Crippen LogP contribution is -2.34. The van der Waals surface area contributed by atoms with Gasteiger partial charge in [-0.1, -0.05) is 60.2 Å². The van der Waals surface area contributed by atoms with Crippen molar-refractivity contribution >= 4 is 17.4 Å². The molecule has 0 aliphatic heterocycles. The number of thiazole rings is 1. The minimum absolute atomic E-state index is 0.188. The second kappa shape index (κ2) is 7.75. The van der Waals surface area contributed by atoms with Gasteiger partial charge in [0.25, 0.3) is 0 Å². The molecule has 24 heavy (non-hydrogen) atoms. The Labute approximate surface area is 145 Å². The summed E-state index contributed by atoms with van der Waals surface area (Å²) in [5, 5.41) is 8.60. The minimum Gasteiger partial charge on any atom is -0.334 e. The molecule has 0 aliphatic carbocycles. The van der Waals surface area contributed by atoms with Gasteiger partial charge in [0.1, 0.15) is 5.01 Å². The van der Waals surface area contributed by atoms with Gasteiger partial charge in [-0.2, -0.15) is 0 Å². The first kappa shape index (κ1) is 16.2. The van der Waals surface area contributed by atoms with Crippen LogP contribution in [0.3, 0.4) is 0 Å². The number of carbonyl (C=O) groups is 1. The lowest BCUT2D eigenvalue weighted by molar-refractivity contribution is 0.240. The molecule has 2 amide bonds. The van der Waals surface area contributed by atoms with Crippen LogP contribution < -0.4 is 10.6 Å². The Bertz CT molecular complexity index is 797. The number of nitrogens with zero attached hydrogens (tertiary/aromatic N) is 1. The number of carbonyl (C=O) groups excluding carboxylic acids is 1. The SMILES string of the molecule is Cc1ccc(CNC(=O)NCc2nc(-c3ccccc3)cs2)cc1. The number of amides is 2. The van der Waals surface area contributed by atoms with E-state index < -0.39 is 0 Å². The summed E-state index contributed by atoms with van der Waals surface area (Å²) >= 11 is 1.55. The summed E-state index contributed by atoms with van der Waals surface area (Å²) in [6.45, 7) is 2.98. The third-order valence-corrected chi connectivity index (χ3v) is 4.44. The standard InChI is InChI=1S/C19H19N3OS/c1-14-7-9-15(10-8-14)11-20-19(23)21-12-18-22-17(13-24-18)16-5-3-2-4-6-16/h2-10,13H,11-12H2,1H3,(H2,20,21,23). The molecule has 5 heteroatoms. The van der Waals surface area contributed by atoms with Crippen molar-refractivity contribution < 1.29 is 4.79 Å². The molecule has 1 heterocycles. The first-order valence-electron chi connectivity index (χ1n) is 7.78. The van der Waals surface area contributed by atoms with Crippen molar-refractivity contribution in [3.05, 3.63) is 76.1 Å². The maximum Gasteiger partial charge on any atom is 0.315 e. The van der Waals surface area contributed by atoms with Gasteiger partial charge in [0.15, 0.2) is 0 Å². The van der Waals surface area contributed by atoms with Gasteiger partial charge in [-0.3, -0.25) is 0 Å². The summed E-state index contributed by atoms with van der Waals surface area (Å²) in [4.78, 5) is 16.4. The van der Waals surface area contributed by atoms with Gasteiger partial charge in [-0.15, -0.1) is 11.3 Å². The molecule has 0 bridgehead atoms. The van der Waals surface area contributed by atoms with E-state index >= 15 is 0 Å². The monoisotopic (exact) mass is 337 g/mol. The van der Waals surface area contributed by atoms with E-state index in [1.807, 2.05) is 66.9 Å². The number of benzene rings is 2. The normalized spacial score (nSPS) is 10.4. The number of hydrogen-bond acceptors (Lipinski definition) is 3. The van der Waals surface area contributed by atoms with E-state index in [9.17, 15) is 4.79 Å². The average molecular weight is 337 g/mol. The molecule has 0 fully saturated rings. The van der Waals surface area contributed by atoms with Gasteiger partial charge in [-0.25, -0.2) is 9.78 Å². The fraction of sp³-hybridized carbons (Fsp3) is 0.158. The van der Waals surface area contributed by atoms with Crippen LogP contribution in [0.4, 0.5) is 4.79 Å². The highest BCUT2D eigenvalue weighted by Gasteiger charge is 2.06. The summed E-state index contributed by atoms with van der Waals surface area (Å²) < 4.78 is 0. The molecule has 0 aliphatic rings. The first-order valence-corrected chi connectivity index (χ1v) is 8.66. The molecule has 122 valence electrons. The fourth-order valence-corrected chi connectivity index (χ4v) is 2.98. The second-order valence-corrected chi connectivity index (χ2v) is 6.46. The van der Waals surface area contributed by atoms with Gasteiger partial charge in [0.2, 0.25) is 0 Å². The van der Waals surface area contributed by atoms with Crippen LogP contribution >= 0.6 is 11.3 Å². The minimum atomic E-state index is -0.188. The van der Waals surface area contributed by atoms with E-state index in [0.29, 0.717) is 13.1 Å². The van der Waals surface area contributed by atoms with Gasteiger partial charge >= 0.3 is 6.03 Å². The van der Waals surface area contributed by atoms with Gasteiger partial charge < -0.3 is 10.6 Å². The predicted octanol–water partition coefficient (Wildman–Crippen LogP) is 4.12. The summed E-state index contributed by atoms with van der Waals surface area (Å²) in [6, 6.07) is 17.9. The number of aromatic nitrogens is 1. The van der Waals surface area contributed by atoms with E-state index in [-0.39, 0.29) is 6.03 Å². The third kappa shape index (κ3) is 4.43. The van der Waals surface area contributed by atoms with Crippen LogP contribution in [-0.4, -0.2) is 11.0 Å². The van der Waals surface area contributed by atoms with Crippen molar-refractivity contribution in [3.63, 3.8) is 0 Å². The van der Waals surface area contributed by atoms with E-state index in [0.717, 1.165) is 21.8 Å². The highest BCUT2D eigenvalue weighted by Crippen LogP contribution is 2.21. The second-order valence-electron chi connectivity index (χ2n) is 5.51. The lowest BCUT2D eigenvalue weighted by Gasteiger charge is -2.06. The zero-order chi connectivity index (χ0) is 16.8. The zero-order valence-corrected chi connectivity index (χ0v) is 14.3. The molecule has 2 N–H and O–H groups in total. The lowest BCUT2D eigenvalue weighted by atomic mass is 10.1. The molecule has 3 aromatic rings. The van der Waals surface area contributed by atoms with Gasteiger partial charge in [0.05, 0.1) is 12.2 Å². The maximum absolute atomic E-state index is 11.9. The van der Waals surface area contributed by atoms with Crippen LogP contribution in [0.15, 0.2) is 60.0 Å². The van der Waals surface area contributed by atoms with E-state index in [1.165, 1.54) is 5.56 Å². The summed E-state index contributed by atoms with van der Waals surface area (Å²) in [7, 11) is 0. The fourth-order valence-electron chi connectivity index (χ4n) is 2.24. The molecule has 4 nitrogen and oxygen atoms in total. The maximum atomic E-state index is 11.9. The number of hydrogen-bond donors (Lipinski definition) is 2. The first-order chi connectivity index (χ1) is 11.7. The van der Waals surface area contributed by atoms with Crippen molar-refractivity contribution in [2.45, 2.75) is 20.0 Å². The number of nitrogens with one attached hydrogen (secondary N) is 2. The van der Waals surface area contributed by atoms with Crippen molar-refractivity contribution in [1.82, 2.24) is 15.6 Å². The van der Waals surface area contributed by atoms with Crippen molar-refractivity contribution in [2.75, 3.05) is 0 Å². The Morgan fingerprint density at radius 2 is 1.71 bits per heavy atom. The van der Waals surface area contributed by atoms with Crippen LogP contribution in [0.25, 0.3) is 11.3 Å². The van der Waals surface area contributed by atoms with Crippen LogP contribution in [-0.2, 0) is 13.1 Å². The molecule has 0 atom stereocenters. The molecule has 0 spiro atoms. The van der Waals surface area contributed by atoms with Gasteiger partial charge in [-0.05, 0) is 12.5 Å². The molecule has 0 unspecified atom stereocenters. The Hall–Kier alpha value is -2.66. The zero-order valence-electron chi connectivity index (χ0n) is 13.5. The Kier molecular flexibility index (Phi) is 5.23. The Morgan fingerprint density at radius 1 is 1.00 bits per heavy atom. The molecular weight excluding hydrogens is 318 g/mol. The average Bonchev–Trinajstić information content (AvgIpc) is 3.09. The number of rotatable bonds is 5. The van der Waals surface area contributed by atoms with Crippen LogP contribution in [0.2, 0.25) is 0 Å². The van der Waals surface area contributed by atoms with Crippen molar-refractivity contribution in [2.24, 2.45) is 0 Å². The Balaban J connectivity index is 1.48. The van der Waals surface area contributed by atoms with E-state index in [2.05, 4.69) is 15.6 Å².